The van der Waals surface area contributed by atoms with Crippen LogP contribution in [0.2, 0.25) is 0 Å². The van der Waals surface area contributed by atoms with Crippen molar-refractivity contribution in [2.24, 2.45) is 5.73 Å². The van der Waals surface area contributed by atoms with Crippen molar-refractivity contribution in [1.82, 2.24) is 0 Å². The van der Waals surface area contributed by atoms with Crippen LogP contribution in [-0.2, 0) is 0 Å². The summed E-state index contributed by atoms with van der Waals surface area (Å²) in [7, 11) is 0. The topological polar surface area (TPSA) is 58.3 Å². The number of hydrogen-bond donors (Lipinski definition) is 3. The van der Waals surface area contributed by atoms with Gasteiger partial charge in [0.2, 0.25) is 0 Å². The smallest absolute Gasteiger partial charge is 0.146 e. The van der Waals surface area contributed by atoms with Gasteiger partial charge in [0.15, 0.2) is 0 Å². The van der Waals surface area contributed by atoms with Crippen molar-refractivity contribution >= 4 is 29.6 Å². The number of phenols is 1. The number of nitrogens with two attached hydrogens (primary N) is 1. The third-order valence-electron chi connectivity index (χ3n) is 2.50. The van der Waals surface area contributed by atoms with Crippen LogP contribution in [0, 0.1) is 0 Å². The van der Waals surface area contributed by atoms with Crippen molar-refractivity contribution in [2.45, 2.75) is 10.7 Å². The van der Waals surface area contributed by atoms with Gasteiger partial charge in [-0.3, -0.25) is 0 Å². The minimum absolute atomic E-state index is 0.116. The van der Waals surface area contributed by atoms with Crippen LogP contribution >= 0.6 is 11.8 Å². The molecule has 1 aliphatic rings. The lowest BCUT2D eigenvalue weighted by atomic mass is 10.0. The van der Waals surface area contributed by atoms with Crippen LogP contribution in [0.4, 0.5) is 5.69 Å². The molecule has 4 heteroatoms. The summed E-state index contributed by atoms with van der Waals surface area (Å²) in [5.74, 6) is 0.201. The summed E-state index contributed by atoms with van der Waals surface area (Å²) >= 11 is 1.63. The maximum Gasteiger partial charge on any atom is 0.146 e. The fraction of sp³-hybridized carbons (Fsp3) is 0.167. The summed E-state index contributed by atoms with van der Waals surface area (Å²) < 4.78 is 0. The average molecular weight is 234 g/mol. The van der Waals surface area contributed by atoms with E-state index in [1.54, 1.807) is 23.9 Å². The van der Waals surface area contributed by atoms with Gasteiger partial charge in [-0.15, -0.1) is 11.8 Å². The highest BCUT2D eigenvalue weighted by atomic mass is 32.2. The Bertz CT molecular complexity index is 445. The number of hydrogen-bond acceptors (Lipinski definition) is 4. The number of nitrogens with one attached hydrogen (secondary N) is 1. The highest BCUT2D eigenvalue weighted by Crippen LogP contribution is 2.40. The van der Waals surface area contributed by atoms with Crippen LogP contribution in [-0.4, -0.2) is 15.9 Å². The van der Waals surface area contributed by atoms with Crippen molar-refractivity contribution in [3.05, 3.63) is 36.4 Å². The van der Waals surface area contributed by atoms with Gasteiger partial charge in [-0.1, -0.05) is 31.4 Å². The standard InChI is InChI=1S/C12H14N2OS/c1-3-7-5-6-9(10(15)8(7)4-2)14-12-11(13)16-12/h3-6,11-12,14-15H,1-2,13H2. The van der Waals surface area contributed by atoms with Gasteiger partial charge < -0.3 is 16.2 Å². The lowest BCUT2D eigenvalue weighted by Crippen LogP contribution is -2.13. The molecular weight excluding hydrogens is 220 g/mol. The fourth-order valence-electron chi connectivity index (χ4n) is 1.53. The Morgan fingerprint density at radius 2 is 2.06 bits per heavy atom. The number of rotatable bonds is 4. The van der Waals surface area contributed by atoms with E-state index in [4.69, 9.17) is 5.73 Å². The molecule has 4 N–H and O–H groups in total. The Kier molecular flexibility index (Phi) is 2.94. The van der Waals surface area contributed by atoms with Crippen molar-refractivity contribution in [3.63, 3.8) is 0 Å². The van der Waals surface area contributed by atoms with E-state index in [-0.39, 0.29) is 16.5 Å². The molecule has 1 aliphatic heterocycles. The van der Waals surface area contributed by atoms with Crippen LogP contribution in [0.15, 0.2) is 25.3 Å². The van der Waals surface area contributed by atoms with E-state index in [9.17, 15) is 5.11 Å². The molecule has 0 saturated carbocycles. The predicted molar refractivity (Wildman–Crippen MR) is 71.3 cm³/mol. The average Bonchev–Trinajstić information content (AvgIpc) is 2.97. The predicted octanol–water partition coefficient (Wildman–Crippen LogP) is 2.45. The van der Waals surface area contributed by atoms with E-state index < -0.39 is 0 Å². The molecule has 2 unspecified atom stereocenters. The zero-order valence-electron chi connectivity index (χ0n) is 8.81. The van der Waals surface area contributed by atoms with Crippen molar-refractivity contribution in [2.75, 3.05) is 5.32 Å². The van der Waals surface area contributed by atoms with Crippen molar-refractivity contribution in [3.8, 4) is 5.75 Å². The molecule has 1 aromatic rings. The largest absolute Gasteiger partial charge is 0.505 e. The number of phenolic OH excluding ortho intramolecular Hbond substituents is 1. The summed E-state index contributed by atoms with van der Waals surface area (Å²) in [6, 6.07) is 3.72. The Hall–Kier alpha value is -1.39. The minimum atomic E-state index is 0.116. The molecule has 1 saturated heterocycles. The van der Waals surface area contributed by atoms with E-state index >= 15 is 0 Å². The van der Waals surface area contributed by atoms with Gasteiger partial charge in [-0.05, 0) is 11.6 Å². The lowest BCUT2D eigenvalue weighted by Gasteiger charge is -2.11. The Morgan fingerprint density at radius 1 is 1.38 bits per heavy atom. The Balaban J connectivity index is 2.32. The molecule has 0 amide bonds. The second kappa shape index (κ2) is 4.23. The number of anilines is 1. The summed E-state index contributed by atoms with van der Waals surface area (Å²) in [4.78, 5) is 0. The van der Waals surface area contributed by atoms with Gasteiger partial charge in [0.05, 0.1) is 16.4 Å². The Morgan fingerprint density at radius 3 is 2.56 bits per heavy atom. The SMILES string of the molecule is C=Cc1ccc(NC2SC2N)c(O)c1C=C. The molecule has 0 radical (unpaired) electrons. The second-order valence-corrected chi connectivity index (χ2v) is 4.86. The van der Waals surface area contributed by atoms with Gasteiger partial charge in [0.25, 0.3) is 0 Å². The maximum atomic E-state index is 10.0. The summed E-state index contributed by atoms with van der Waals surface area (Å²) in [6.07, 6.45) is 3.32. The van der Waals surface area contributed by atoms with Gasteiger partial charge in [-0.2, -0.15) is 0 Å². The normalized spacial score (nSPS) is 22.6. The quantitative estimate of drug-likeness (QED) is 0.553. The molecule has 1 heterocycles. The van der Waals surface area contributed by atoms with Gasteiger partial charge in [0, 0.05) is 5.56 Å². The van der Waals surface area contributed by atoms with Gasteiger partial charge >= 0.3 is 0 Å². The minimum Gasteiger partial charge on any atom is -0.505 e. The molecule has 3 nitrogen and oxygen atoms in total. The van der Waals surface area contributed by atoms with E-state index in [1.807, 2.05) is 12.1 Å². The Labute approximate surface area is 99.0 Å². The molecule has 1 fully saturated rings. The molecule has 0 aromatic heterocycles. The third-order valence-corrected chi connectivity index (χ3v) is 3.47. The van der Waals surface area contributed by atoms with Crippen LogP contribution in [0.1, 0.15) is 11.1 Å². The summed E-state index contributed by atoms with van der Waals surface area (Å²) in [5, 5.41) is 13.5. The van der Waals surface area contributed by atoms with Crippen LogP contribution in [0.3, 0.4) is 0 Å². The lowest BCUT2D eigenvalue weighted by molar-refractivity contribution is 0.476. The van der Waals surface area contributed by atoms with E-state index in [2.05, 4.69) is 18.5 Å². The first kappa shape index (κ1) is 11.1. The molecule has 0 spiro atoms. The number of thioether (sulfide) groups is 1. The molecule has 2 atom stereocenters. The molecule has 0 bridgehead atoms. The van der Waals surface area contributed by atoms with Gasteiger partial charge in [-0.25, -0.2) is 0 Å². The molecule has 0 aliphatic carbocycles. The molecular formula is C12H14N2OS. The van der Waals surface area contributed by atoms with Crippen molar-refractivity contribution in [1.29, 1.82) is 0 Å². The monoisotopic (exact) mass is 234 g/mol. The summed E-state index contributed by atoms with van der Waals surface area (Å²) in [6.45, 7) is 7.38. The molecule has 1 aromatic carbocycles. The van der Waals surface area contributed by atoms with Crippen LogP contribution in [0.5, 0.6) is 5.75 Å². The molecule has 16 heavy (non-hydrogen) atoms. The molecule has 84 valence electrons. The first-order chi connectivity index (χ1) is 7.67. The first-order valence-corrected chi connectivity index (χ1v) is 5.90. The van der Waals surface area contributed by atoms with Crippen molar-refractivity contribution < 1.29 is 5.11 Å². The third kappa shape index (κ3) is 1.94. The molecule has 2 rings (SSSR count). The van der Waals surface area contributed by atoms with Crippen LogP contribution < -0.4 is 11.1 Å². The van der Waals surface area contributed by atoms with Crippen LogP contribution in [0.25, 0.3) is 12.2 Å². The first-order valence-electron chi connectivity index (χ1n) is 4.95. The zero-order valence-corrected chi connectivity index (χ0v) is 9.63. The summed E-state index contributed by atoms with van der Waals surface area (Å²) in [5.41, 5.74) is 7.92. The maximum absolute atomic E-state index is 10.0. The van der Waals surface area contributed by atoms with E-state index in [0.29, 0.717) is 11.3 Å². The zero-order chi connectivity index (χ0) is 11.7. The fourth-order valence-corrected chi connectivity index (χ4v) is 2.04. The number of benzene rings is 1. The van der Waals surface area contributed by atoms with Gasteiger partial charge in [0.1, 0.15) is 5.75 Å². The highest BCUT2D eigenvalue weighted by Gasteiger charge is 2.35. The van der Waals surface area contributed by atoms with E-state index in [1.165, 1.54) is 0 Å². The van der Waals surface area contributed by atoms with E-state index in [0.717, 1.165) is 5.56 Å². The highest BCUT2D eigenvalue weighted by molar-refractivity contribution is 8.07. The number of aromatic hydroxyl groups is 1. The second-order valence-electron chi connectivity index (χ2n) is 3.54.